The van der Waals surface area contributed by atoms with Gasteiger partial charge in [0, 0.05) is 11.5 Å². The highest BCUT2D eigenvalue weighted by atomic mass is 79.9. The molecular weight excluding hydrogens is 400 g/mol. The molecule has 1 aromatic rings. The van der Waals surface area contributed by atoms with E-state index in [9.17, 15) is 18.0 Å². The second-order valence-corrected chi connectivity index (χ2v) is 8.49. The molecular formula is C15H21BrN2O5S. The lowest BCUT2D eigenvalue weighted by atomic mass is 10.0. The number of halogens is 1. The van der Waals surface area contributed by atoms with Gasteiger partial charge in [0.2, 0.25) is 15.9 Å². The number of benzene rings is 1. The van der Waals surface area contributed by atoms with Crippen LogP contribution < -0.4 is 5.32 Å². The number of rotatable bonds is 7. The fourth-order valence-corrected chi connectivity index (χ4v) is 3.31. The Morgan fingerprint density at radius 2 is 1.79 bits per heavy atom. The first-order valence-electron chi connectivity index (χ1n) is 7.18. The van der Waals surface area contributed by atoms with Crippen LogP contribution >= 0.6 is 15.9 Å². The highest BCUT2D eigenvalue weighted by molar-refractivity contribution is 9.10. The fourth-order valence-electron chi connectivity index (χ4n) is 1.92. The molecule has 1 rings (SSSR count). The van der Waals surface area contributed by atoms with E-state index in [2.05, 4.69) is 26.0 Å². The molecule has 9 heteroatoms. The maximum Gasteiger partial charge on any atom is 0.328 e. The number of amides is 1. The average molecular weight is 421 g/mol. The van der Waals surface area contributed by atoms with Crippen molar-refractivity contribution >= 4 is 37.8 Å². The van der Waals surface area contributed by atoms with Gasteiger partial charge in [-0.15, -0.1) is 0 Å². The van der Waals surface area contributed by atoms with Crippen LogP contribution in [0.25, 0.3) is 0 Å². The number of likely N-dealkylation sites (N-methyl/N-ethyl adjacent to an activating group) is 1. The molecule has 134 valence electrons. The van der Waals surface area contributed by atoms with Gasteiger partial charge in [0.1, 0.15) is 6.04 Å². The van der Waals surface area contributed by atoms with Crippen LogP contribution in [0.15, 0.2) is 33.6 Å². The maximum atomic E-state index is 12.4. The summed E-state index contributed by atoms with van der Waals surface area (Å²) in [6.07, 6.45) is 0. The summed E-state index contributed by atoms with van der Waals surface area (Å²) < 4.78 is 31.2. The van der Waals surface area contributed by atoms with Crippen LogP contribution in [0.4, 0.5) is 0 Å². The van der Waals surface area contributed by atoms with E-state index in [0.29, 0.717) is 0 Å². The molecule has 7 nitrogen and oxygen atoms in total. The van der Waals surface area contributed by atoms with Crippen LogP contribution in [0.3, 0.4) is 0 Å². The summed E-state index contributed by atoms with van der Waals surface area (Å²) in [5.41, 5.74) is 0. The van der Waals surface area contributed by atoms with Gasteiger partial charge in [-0.25, -0.2) is 13.2 Å². The first-order chi connectivity index (χ1) is 11.1. The van der Waals surface area contributed by atoms with E-state index in [1.54, 1.807) is 26.0 Å². The van der Waals surface area contributed by atoms with Crippen molar-refractivity contribution in [3.05, 3.63) is 28.7 Å². The lowest BCUT2D eigenvalue weighted by molar-refractivity contribution is -0.146. The first kappa shape index (κ1) is 20.6. The third-order valence-corrected chi connectivity index (χ3v) is 5.67. The predicted molar refractivity (Wildman–Crippen MR) is 92.7 cm³/mol. The number of sulfonamides is 1. The molecule has 1 N–H and O–H groups in total. The Hall–Kier alpha value is -1.45. The summed E-state index contributed by atoms with van der Waals surface area (Å²) >= 11 is 3.23. The lowest BCUT2D eigenvalue weighted by Crippen LogP contribution is -2.48. The highest BCUT2D eigenvalue weighted by Crippen LogP contribution is 2.17. The van der Waals surface area contributed by atoms with Gasteiger partial charge in [0.15, 0.2) is 0 Å². The Balaban J connectivity index is 2.82. The molecule has 0 bridgehead atoms. The van der Waals surface area contributed by atoms with Crippen molar-refractivity contribution < 1.29 is 22.7 Å². The molecule has 0 fully saturated rings. The number of ether oxygens (including phenoxy) is 1. The number of carbonyl (C=O) groups excluding carboxylic acids is 2. The number of nitrogens with one attached hydrogen (secondary N) is 1. The van der Waals surface area contributed by atoms with Gasteiger partial charge in [-0.05, 0) is 30.2 Å². The average Bonchev–Trinajstić information content (AvgIpc) is 2.51. The van der Waals surface area contributed by atoms with Gasteiger partial charge >= 0.3 is 5.97 Å². The van der Waals surface area contributed by atoms with Crippen molar-refractivity contribution in [2.75, 3.05) is 20.7 Å². The smallest absolute Gasteiger partial charge is 0.328 e. The minimum atomic E-state index is -3.80. The molecule has 0 heterocycles. The van der Waals surface area contributed by atoms with Crippen molar-refractivity contribution in [1.82, 2.24) is 9.62 Å². The Morgan fingerprint density at radius 1 is 1.25 bits per heavy atom. The van der Waals surface area contributed by atoms with Gasteiger partial charge in [-0.1, -0.05) is 29.8 Å². The molecule has 0 aliphatic carbocycles. The van der Waals surface area contributed by atoms with E-state index < -0.39 is 34.5 Å². The zero-order chi connectivity index (χ0) is 18.5. The number of carbonyl (C=O) groups is 2. The van der Waals surface area contributed by atoms with Gasteiger partial charge in [0.25, 0.3) is 0 Å². The summed E-state index contributed by atoms with van der Waals surface area (Å²) in [6, 6.07) is 5.27. The van der Waals surface area contributed by atoms with E-state index in [-0.39, 0.29) is 10.8 Å². The first-order valence-corrected chi connectivity index (χ1v) is 9.42. The summed E-state index contributed by atoms with van der Waals surface area (Å²) in [5.74, 6) is -1.34. The number of esters is 1. The minimum Gasteiger partial charge on any atom is -0.467 e. The highest BCUT2D eigenvalue weighted by Gasteiger charge is 2.28. The summed E-state index contributed by atoms with van der Waals surface area (Å²) in [4.78, 5) is 23.8. The zero-order valence-corrected chi connectivity index (χ0v) is 16.3. The monoisotopic (exact) mass is 420 g/mol. The third-order valence-electron chi connectivity index (χ3n) is 3.33. The summed E-state index contributed by atoms with van der Waals surface area (Å²) in [6.45, 7) is 3.10. The van der Waals surface area contributed by atoms with Crippen molar-refractivity contribution in [2.24, 2.45) is 5.92 Å². The van der Waals surface area contributed by atoms with Crippen LogP contribution in [0.1, 0.15) is 13.8 Å². The Morgan fingerprint density at radius 3 is 2.25 bits per heavy atom. The zero-order valence-electron chi connectivity index (χ0n) is 13.9. The van der Waals surface area contributed by atoms with Crippen LogP contribution in [-0.2, 0) is 24.3 Å². The van der Waals surface area contributed by atoms with Gasteiger partial charge in [-0.2, -0.15) is 4.31 Å². The molecule has 0 aliphatic heterocycles. The molecule has 0 unspecified atom stereocenters. The molecule has 0 spiro atoms. The van der Waals surface area contributed by atoms with Crippen molar-refractivity contribution in [3.8, 4) is 0 Å². The second-order valence-electron chi connectivity index (χ2n) is 5.53. The molecule has 0 aliphatic rings. The van der Waals surface area contributed by atoms with E-state index in [1.165, 1.54) is 26.3 Å². The largest absolute Gasteiger partial charge is 0.467 e. The SMILES string of the molecule is COC(=O)[C@H](NC(=O)CN(C)S(=O)(=O)c1ccc(Br)cc1)C(C)C. The molecule has 0 saturated carbocycles. The van der Waals surface area contributed by atoms with Gasteiger partial charge < -0.3 is 10.1 Å². The third kappa shape index (κ3) is 5.29. The van der Waals surface area contributed by atoms with E-state index in [1.807, 2.05) is 0 Å². The van der Waals surface area contributed by atoms with Gasteiger partial charge in [-0.3, -0.25) is 4.79 Å². The van der Waals surface area contributed by atoms with E-state index in [4.69, 9.17) is 0 Å². The molecule has 0 saturated heterocycles. The Labute approximate surface area is 150 Å². The second kappa shape index (κ2) is 8.59. The molecule has 0 aromatic heterocycles. The van der Waals surface area contributed by atoms with E-state index >= 15 is 0 Å². The molecule has 0 radical (unpaired) electrons. The standard InChI is InChI=1S/C15H21BrN2O5S/c1-10(2)14(15(20)23-4)17-13(19)9-18(3)24(21,22)12-7-5-11(16)6-8-12/h5-8,10,14H,9H2,1-4H3,(H,17,19)/t14-/m1/s1. The van der Waals surface area contributed by atoms with Crippen molar-refractivity contribution in [1.29, 1.82) is 0 Å². The molecule has 1 aromatic carbocycles. The van der Waals surface area contributed by atoms with Gasteiger partial charge in [0.05, 0.1) is 18.6 Å². The summed E-state index contributed by atoms with van der Waals surface area (Å²) in [5, 5.41) is 2.50. The van der Waals surface area contributed by atoms with Crippen LogP contribution in [0.2, 0.25) is 0 Å². The van der Waals surface area contributed by atoms with Crippen molar-refractivity contribution in [2.45, 2.75) is 24.8 Å². The Kier molecular flexibility index (Phi) is 7.37. The van der Waals surface area contributed by atoms with Crippen LogP contribution in [0, 0.1) is 5.92 Å². The molecule has 1 amide bonds. The Bertz CT molecular complexity index is 688. The molecule has 24 heavy (non-hydrogen) atoms. The molecule has 1 atom stereocenters. The van der Waals surface area contributed by atoms with Crippen LogP contribution in [0.5, 0.6) is 0 Å². The quantitative estimate of drug-likeness (QED) is 0.672. The predicted octanol–water partition coefficient (Wildman–Crippen LogP) is 1.38. The lowest BCUT2D eigenvalue weighted by Gasteiger charge is -2.22. The number of hydrogen-bond donors (Lipinski definition) is 1. The minimum absolute atomic E-state index is 0.0781. The van der Waals surface area contributed by atoms with Crippen LogP contribution in [-0.4, -0.2) is 51.3 Å². The van der Waals surface area contributed by atoms with Crippen molar-refractivity contribution in [3.63, 3.8) is 0 Å². The fraction of sp³-hybridized carbons (Fsp3) is 0.467. The number of methoxy groups -OCH3 is 1. The summed E-state index contributed by atoms with van der Waals surface area (Å²) in [7, 11) is -1.26. The van der Waals surface area contributed by atoms with E-state index in [0.717, 1.165) is 8.78 Å². The normalized spacial score (nSPS) is 13.0. The number of nitrogens with zero attached hydrogens (tertiary/aromatic N) is 1. The maximum absolute atomic E-state index is 12.4. The topological polar surface area (TPSA) is 92.8 Å². The number of hydrogen-bond acceptors (Lipinski definition) is 5.